The number of aryl methyl sites for hydroxylation is 1. The van der Waals surface area contributed by atoms with Crippen molar-refractivity contribution in [2.45, 2.75) is 18.4 Å². The van der Waals surface area contributed by atoms with Crippen LogP contribution >= 0.6 is 0 Å². The number of hydrogen-bond acceptors (Lipinski definition) is 5. The molecule has 1 aromatic heterocycles. The van der Waals surface area contributed by atoms with E-state index >= 15 is 0 Å². The third-order valence-electron chi connectivity index (χ3n) is 3.24. The Morgan fingerprint density at radius 2 is 2.00 bits per heavy atom. The molecule has 1 heterocycles. The van der Waals surface area contributed by atoms with Gasteiger partial charge in [0.1, 0.15) is 5.82 Å². The maximum atomic E-state index is 12.5. The van der Waals surface area contributed by atoms with Gasteiger partial charge in [-0.3, -0.25) is 0 Å². The highest BCUT2D eigenvalue weighted by Gasteiger charge is 2.21. The fourth-order valence-electron chi connectivity index (χ4n) is 1.94. The molecule has 0 bridgehead atoms. The maximum absolute atomic E-state index is 12.5. The van der Waals surface area contributed by atoms with Crippen molar-refractivity contribution in [3.63, 3.8) is 0 Å². The number of nitrogens with zero attached hydrogens (tertiary/aromatic N) is 2. The van der Waals surface area contributed by atoms with Gasteiger partial charge in [-0.05, 0) is 24.1 Å². The molecule has 0 radical (unpaired) electrons. The SMILES string of the molecule is Cc1ccccc1CN(C)S(=O)(=O)c1ccnc(NN)c1. The summed E-state index contributed by atoms with van der Waals surface area (Å²) in [5, 5.41) is 0. The summed E-state index contributed by atoms with van der Waals surface area (Å²) < 4.78 is 26.4. The van der Waals surface area contributed by atoms with E-state index in [1.54, 1.807) is 7.05 Å². The van der Waals surface area contributed by atoms with Crippen molar-refractivity contribution in [1.82, 2.24) is 9.29 Å². The normalized spacial score (nSPS) is 11.6. The molecule has 2 aromatic rings. The average molecular weight is 306 g/mol. The molecule has 0 amide bonds. The van der Waals surface area contributed by atoms with Crippen molar-refractivity contribution < 1.29 is 8.42 Å². The minimum atomic E-state index is -3.59. The van der Waals surface area contributed by atoms with Crippen molar-refractivity contribution in [3.8, 4) is 0 Å². The topological polar surface area (TPSA) is 88.3 Å². The second kappa shape index (κ2) is 6.21. The molecule has 3 N–H and O–H groups in total. The standard InChI is InChI=1S/C14H18N4O2S/c1-11-5-3-4-6-12(11)10-18(2)21(19,20)13-7-8-16-14(9-13)17-15/h3-9H,10,15H2,1-2H3,(H,16,17). The van der Waals surface area contributed by atoms with Gasteiger partial charge in [0.25, 0.3) is 0 Å². The Morgan fingerprint density at radius 1 is 1.29 bits per heavy atom. The van der Waals surface area contributed by atoms with Gasteiger partial charge < -0.3 is 5.43 Å². The van der Waals surface area contributed by atoms with Crippen LogP contribution in [-0.2, 0) is 16.6 Å². The van der Waals surface area contributed by atoms with Crippen LogP contribution in [0.2, 0.25) is 0 Å². The molecule has 0 spiro atoms. The number of nitrogen functional groups attached to an aromatic ring is 1. The van der Waals surface area contributed by atoms with Crippen molar-refractivity contribution in [1.29, 1.82) is 0 Å². The van der Waals surface area contributed by atoms with Crippen LogP contribution in [0.4, 0.5) is 5.82 Å². The summed E-state index contributed by atoms with van der Waals surface area (Å²) >= 11 is 0. The number of nitrogens with two attached hydrogens (primary N) is 1. The lowest BCUT2D eigenvalue weighted by atomic mass is 10.1. The van der Waals surface area contributed by atoms with Crippen molar-refractivity contribution in [2.75, 3.05) is 12.5 Å². The molecule has 0 aliphatic rings. The highest BCUT2D eigenvalue weighted by molar-refractivity contribution is 7.89. The Hall–Kier alpha value is -1.96. The monoisotopic (exact) mass is 306 g/mol. The van der Waals surface area contributed by atoms with Crippen molar-refractivity contribution in [2.24, 2.45) is 5.84 Å². The van der Waals surface area contributed by atoms with Gasteiger partial charge >= 0.3 is 0 Å². The molecule has 0 unspecified atom stereocenters. The molecular weight excluding hydrogens is 288 g/mol. The summed E-state index contributed by atoms with van der Waals surface area (Å²) in [5.74, 6) is 5.57. The van der Waals surface area contributed by atoms with Crippen molar-refractivity contribution >= 4 is 15.8 Å². The van der Waals surface area contributed by atoms with Crippen LogP contribution in [-0.4, -0.2) is 24.8 Å². The number of aromatic nitrogens is 1. The van der Waals surface area contributed by atoms with Crippen LogP contribution in [0.1, 0.15) is 11.1 Å². The summed E-state index contributed by atoms with van der Waals surface area (Å²) in [4.78, 5) is 4.06. The molecule has 21 heavy (non-hydrogen) atoms. The fourth-order valence-corrected chi connectivity index (χ4v) is 3.11. The average Bonchev–Trinajstić information content (AvgIpc) is 2.49. The van der Waals surface area contributed by atoms with Gasteiger partial charge in [-0.15, -0.1) is 0 Å². The second-order valence-electron chi connectivity index (χ2n) is 4.71. The molecule has 0 aliphatic heterocycles. The molecular formula is C14H18N4O2S. The number of nitrogens with one attached hydrogen (secondary N) is 1. The predicted molar refractivity (Wildman–Crippen MR) is 81.9 cm³/mol. The minimum Gasteiger partial charge on any atom is -0.308 e. The largest absolute Gasteiger partial charge is 0.308 e. The van der Waals surface area contributed by atoms with E-state index in [1.165, 1.54) is 22.6 Å². The van der Waals surface area contributed by atoms with E-state index in [9.17, 15) is 8.42 Å². The number of sulfonamides is 1. The first kappa shape index (κ1) is 15.4. The zero-order valence-electron chi connectivity index (χ0n) is 11.9. The minimum absolute atomic E-state index is 0.154. The molecule has 0 atom stereocenters. The highest BCUT2D eigenvalue weighted by atomic mass is 32.2. The first-order valence-corrected chi connectivity index (χ1v) is 7.82. The third kappa shape index (κ3) is 3.38. The predicted octanol–water partition coefficient (Wildman–Crippen LogP) is 1.50. The lowest BCUT2D eigenvalue weighted by molar-refractivity contribution is 0.466. The van der Waals surface area contributed by atoms with Crippen molar-refractivity contribution in [3.05, 3.63) is 53.7 Å². The molecule has 112 valence electrons. The zero-order valence-corrected chi connectivity index (χ0v) is 12.8. The summed E-state index contributed by atoms with van der Waals surface area (Å²) in [6, 6.07) is 10.6. The molecule has 0 saturated heterocycles. The van der Waals surface area contributed by atoms with Gasteiger partial charge in [0.05, 0.1) is 4.90 Å². The van der Waals surface area contributed by atoms with Crippen LogP contribution in [0.5, 0.6) is 0 Å². The summed E-state index contributed by atoms with van der Waals surface area (Å²) in [7, 11) is -2.04. The Kier molecular flexibility index (Phi) is 4.56. The van der Waals surface area contributed by atoms with Crippen LogP contribution in [0.15, 0.2) is 47.5 Å². The van der Waals surface area contributed by atoms with Crippen LogP contribution in [0.25, 0.3) is 0 Å². The quantitative estimate of drug-likeness (QED) is 0.645. The number of benzene rings is 1. The summed E-state index contributed by atoms with van der Waals surface area (Å²) in [6.07, 6.45) is 1.41. The molecule has 7 heteroatoms. The molecule has 1 aromatic carbocycles. The van der Waals surface area contributed by atoms with E-state index < -0.39 is 10.0 Å². The van der Waals surface area contributed by atoms with Crippen LogP contribution in [0.3, 0.4) is 0 Å². The zero-order chi connectivity index (χ0) is 15.5. The Bertz CT molecular complexity index is 731. The summed E-state index contributed by atoms with van der Waals surface area (Å²) in [6.45, 7) is 2.27. The van der Waals surface area contributed by atoms with E-state index in [1.807, 2.05) is 31.2 Å². The van der Waals surface area contributed by atoms with E-state index in [-0.39, 0.29) is 4.90 Å². The van der Waals surface area contributed by atoms with E-state index in [0.29, 0.717) is 12.4 Å². The molecule has 6 nitrogen and oxygen atoms in total. The van der Waals surface area contributed by atoms with E-state index in [0.717, 1.165) is 11.1 Å². The number of anilines is 1. The first-order valence-electron chi connectivity index (χ1n) is 6.38. The van der Waals surface area contributed by atoms with Gasteiger partial charge in [0, 0.05) is 25.9 Å². The van der Waals surface area contributed by atoms with Gasteiger partial charge in [0.2, 0.25) is 10.0 Å². The molecule has 0 saturated carbocycles. The fraction of sp³-hybridized carbons (Fsp3) is 0.214. The lowest BCUT2D eigenvalue weighted by Crippen LogP contribution is -2.27. The lowest BCUT2D eigenvalue weighted by Gasteiger charge is -2.18. The number of hydrazine groups is 1. The number of pyridine rings is 1. The smallest absolute Gasteiger partial charge is 0.243 e. The molecule has 0 aliphatic carbocycles. The van der Waals surface area contributed by atoms with Gasteiger partial charge in [0.15, 0.2) is 0 Å². The van der Waals surface area contributed by atoms with E-state index in [2.05, 4.69) is 10.4 Å². The first-order chi connectivity index (χ1) is 9.95. The summed E-state index contributed by atoms with van der Waals surface area (Å²) in [5.41, 5.74) is 4.36. The van der Waals surface area contributed by atoms with Crippen LogP contribution < -0.4 is 11.3 Å². The molecule has 2 rings (SSSR count). The van der Waals surface area contributed by atoms with Gasteiger partial charge in [-0.2, -0.15) is 4.31 Å². The van der Waals surface area contributed by atoms with Gasteiger partial charge in [-0.1, -0.05) is 24.3 Å². The highest BCUT2D eigenvalue weighted by Crippen LogP contribution is 2.19. The second-order valence-corrected chi connectivity index (χ2v) is 6.75. The maximum Gasteiger partial charge on any atom is 0.243 e. The Morgan fingerprint density at radius 3 is 2.67 bits per heavy atom. The number of hydrogen-bond donors (Lipinski definition) is 2. The van der Waals surface area contributed by atoms with Crippen LogP contribution in [0, 0.1) is 6.92 Å². The molecule has 0 fully saturated rings. The number of rotatable bonds is 5. The Balaban J connectivity index is 2.28. The van der Waals surface area contributed by atoms with E-state index in [4.69, 9.17) is 5.84 Å². The third-order valence-corrected chi connectivity index (χ3v) is 5.04. The Labute approximate surface area is 124 Å². The van der Waals surface area contributed by atoms with Gasteiger partial charge in [-0.25, -0.2) is 19.2 Å².